The lowest BCUT2D eigenvalue weighted by molar-refractivity contribution is 0.416. The molecule has 0 radical (unpaired) electrons. The van der Waals surface area contributed by atoms with Gasteiger partial charge in [0.2, 0.25) is 0 Å². The summed E-state index contributed by atoms with van der Waals surface area (Å²) < 4.78 is 13.4. The predicted octanol–water partition coefficient (Wildman–Crippen LogP) is 6.68. The van der Waals surface area contributed by atoms with Crippen LogP contribution in [-0.2, 0) is 7.05 Å². The van der Waals surface area contributed by atoms with Gasteiger partial charge in [0.05, 0.1) is 14.2 Å². The smallest absolute Gasteiger partial charge is 0.126 e. The third kappa shape index (κ3) is 2.82. The van der Waals surface area contributed by atoms with Gasteiger partial charge >= 0.3 is 0 Å². The average Bonchev–Trinajstić information content (AvgIpc) is 3.09. The second kappa shape index (κ2) is 7.27. The minimum absolute atomic E-state index is 0.881. The SMILES string of the molecule is COc1ccccc1-c1ccc2c(c1)c1cc(-c3ccccc3OC)ccc1n2C. The average molecular weight is 393 g/mol. The van der Waals surface area contributed by atoms with Gasteiger partial charge in [-0.3, -0.25) is 0 Å². The number of aryl methyl sites for hydroxylation is 1. The van der Waals surface area contributed by atoms with Crippen LogP contribution in [0, 0.1) is 0 Å². The Balaban J connectivity index is 1.76. The van der Waals surface area contributed by atoms with Crippen molar-refractivity contribution in [2.75, 3.05) is 14.2 Å². The molecule has 0 aliphatic heterocycles. The Labute approximate surface area is 176 Å². The molecule has 5 rings (SSSR count). The molecule has 0 atom stereocenters. The maximum atomic E-state index is 5.59. The van der Waals surface area contributed by atoms with Gasteiger partial charge in [0.1, 0.15) is 11.5 Å². The highest BCUT2D eigenvalue weighted by molar-refractivity contribution is 6.10. The number of rotatable bonds is 4. The van der Waals surface area contributed by atoms with E-state index in [-0.39, 0.29) is 0 Å². The Hall–Kier alpha value is -3.72. The molecule has 0 aliphatic rings. The molecule has 148 valence electrons. The number of hydrogen-bond acceptors (Lipinski definition) is 2. The molecular weight excluding hydrogens is 370 g/mol. The summed E-state index contributed by atoms with van der Waals surface area (Å²) in [5.74, 6) is 1.76. The van der Waals surface area contributed by atoms with E-state index in [9.17, 15) is 0 Å². The molecule has 0 N–H and O–H groups in total. The summed E-state index contributed by atoms with van der Waals surface area (Å²) in [7, 11) is 5.56. The monoisotopic (exact) mass is 393 g/mol. The summed E-state index contributed by atoms with van der Waals surface area (Å²) in [6.07, 6.45) is 0. The highest BCUT2D eigenvalue weighted by Crippen LogP contribution is 2.38. The number of fused-ring (bicyclic) bond motifs is 3. The third-order valence-corrected chi connectivity index (χ3v) is 5.84. The molecule has 0 saturated heterocycles. The normalized spacial score (nSPS) is 11.2. The van der Waals surface area contributed by atoms with Crippen molar-refractivity contribution in [1.29, 1.82) is 0 Å². The summed E-state index contributed by atoms with van der Waals surface area (Å²) in [5, 5.41) is 2.46. The molecule has 0 saturated carbocycles. The van der Waals surface area contributed by atoms with Crippen molar-refractivity contribution in [2.24, 2.45) is 7.05 Å². The maximum absolute atomic E-state index is 5.59. The van der Waals surface area contributed by atoms with Gasteiger partial charge in [-0.05, 0) is 47.5 Å². The number of para-hydroxylation sites is 2. The van der Waals surface area contributed by atoms with E-state index in [1.54, 1.807) is 14.2 Å². The zero-order valence-electron chi connectivity index (χ0n) is 17.3. The van der Waals surface area contributed by atoms with Gasteiger partial charge in [-0.2, -0.15) is 0 Å². The lowest BCUT2D eigenvalue weighted by atomic mass is 9.99. The Kier molecular flexibility index (Phi) is 4.44. The van der Waals surface area contributed by atoms with Crippen molar-refractivity contribution in [2.45, 2.75) is 0 Å². The van der Waals surface area contributed by atoms with E-state index in [4.69, 9.17) is 9.47 Å². The topological polar surface area (TPSA) is 23.4 Å². The van der Waals surface area contributed by atoms with Crippen LogP contribution in [0.3, 0.4) is 0 Å². The minimum Gasteiger partial charge on any atom is -0.496 e. The summed E-state index contributed by atoms with van der Waals surface area (Å²) in [6.45, 7) is 0. The van der Waals surface area contributed by atoms with Gasteiger partial charge in [-0.1, -0.05) is 48.5 Å². The summed E-state index contributed by atoms with van der Waals surface area (Å²) >= 11 is 0. The molecule has 0 spiro atoms. The van der Waals surface area contributed by atoms with E-state index in [0.29, 0.717) is 0 Å². The van der Waals surface area contributed by atoms with E-state index in [2.05, 4.69) is 60.1 Å². The first-order valence-electron chi connectivity index (χ1n) is 10.00. The van der Waals surface area contributed by atoms with Gasteiger partial charge < -0.3 is 14.0 Å². The summed E-state index contributed by atoms with van der Waals surface area (Å²) in [5.41, 5.74) is 6.91. The Morgan fingerprint density at radius 2 is 1.00 bits per heavy atom. The molecule has 1 aromatic heterocycles. The lowest BCUT2D eigenvalue weighted by Gasteiger charge is -2.09. The Morgan fingerprint density at radius 3 is 1.43 bits per heavy atom. The number of methoxy groups -OCH3 is 2. The van der Waals surface area contributed by atoms with E-state index < -0.39 is 0 Å². The zero-order chi connectivity index (χ0) is 20.7. The first kappa shape index (κ1) is 18.3. The van der Waals surface area contributed by atoms with Crippen LogP contribution in [0.5, 0.6) is 11.5 Å². The largest absolute Gasteiger partial charge is 0.496 e. The Morgan fingerprint density at radius 1 is 0.567 bits per heavy atom. The van der Waals surface area contributed by atoms with Crippen molar-refractivity contribution in [3.8, 4) is 33.8 Å². The van der Waals surface area contributed by atoms with Gasteiger partial charge in [0.25, 0.3) is 0 Å². The van der Waals surface area contributed by atoms with Gasteiger partial charge in [-0.25, -0.2) is 0 Å². The van der Waals surface area contributed by atoms with Crippen LogP contribution in [0.1, 0.15) is 0 Å². The molecule has 4 aromatic carbocycles. The highest BCUT2D eigenvalue weighted by Gasteiger charge is 2.13. The second-order valence-corrected chi connectivity index (χ2v) is 7.42. The molecule has 0 amide bonds. The third-order valence-electron chi connectivity index (χ3n) is 5.84. The molecule has 0 aliphatic carbocycles. The molecule has 0 fully saturated rings. The fourth-order valence-corrected chi connectivity index (χ4v) is 4.32. The number of hydrogen-bond donors (Lipinski definition) is 0. The molecule has 1 heterocycles. The standard InChI is InChI=1S/C27H23NO2/c1-28-24-14-12-18(20-8-4-6-10-26(20)29-2)16-22(24)23-17-19(13-15-25(23)28)21-9-5-7-11-27(21)30-3/h4-17H,1-3H3. The second-order valence-electron chi connectivity index (χ2n) is 7.42. The first-order chi connectivity index (χ1) is 14.7. The predicted molar refractivity (Wildman–Crippen MR) is 124 cm³/mol. The number of ether oxygens (including phenoxy) is 2. The molecule has 0 unspecified atom stereocenters. The number of aromatic nitrogens is 1. The van der Waals surface area contributed by atoms with E-state index in [1.165, 1.54) is 21.8 Å². The van der Waals surface area contributed by atoms with Crippen molar-refractivity contribution in [3.63, 3.8) is 0 Å². The van der Waals surface area contributed by atoms with E-state index >= 15 is 0 Å². The van der Waals surface area contributed by atoms with Crippen LogP contribution in [0.4, 0.5) is 0 Å². The first-order valence-corrected chi connectivity index (χ1v) is 10.00. The van der Waals surface area contributed by atoms with Crippen LogP contribution >= 0.6 is 0 Å². The van der Waals surface area contributed by atoms with Crippen LogP contribution in [0.2, 0.25) is 0 Å². The fraction of sp³-hybridized carbons (Fsp3) is 0.111. The zero-order valence-corrected chi connectivity index (χ0v) is 17.3. The van der Waals surface area contributed by atoms with Crippen LogP contribution in [0.15, 0.2) is 84.9 Å². The van der Waals surface area contributed by atoms with Crippen LogP contribution < -0.4 is 9.47 Å². The lowest BCUT2D eigenvalue weighted by Crippen LogP contribution is -1.89. The molecule has 30 heavy (non-hydrogen) atoms. The van der Waals surface area contributed by atoms with Gasteiger partial charge in [0.15, 0.2) is 0 Å². The minimum atomic E-state index is 0.881. The fourth-order valence-electron chi connectivity index (χ4n) is 4.32. The van der Waals surface area contributed by atoms with Crippen LogP contribution in [-0.4, -0.2) is 18.8 Å². The quantitative estimate of drug-likeness (QED) is 0.340. The highest BCUT2D eigenvalue weighted by atomic mass is 16.5. The summed E-state index contributed by atoms with van der Waals surface area (Å²) in [6, 6.07) is 29.6. The van der Waals surface area contributed by atoms with E-state index in [1.807, 2.05) is 36.4 Å². The molecule has 0 bridgehead atoms. The van der Waals surface area contributed by atoms with E-state index in [0.717, 1.165) is 33.8 Å². The molecule has 3 heteroatoms. The van der Waals surface area contributed by atoms with Gasteiger partial charge in [0, 0.05) is 40.0 Å². The summed E-state index contributed by atoms with van der Waals surface area (Å²) in [4.78, 5) is 0. The van der Waals surface area contributed by atoms with Crippen molar-refractivity contribution < 1.29 is 9.47 Å². The molecule has 5 aromatic rings. The van der Waals surface area contributed by atoms with Crippen molar-refractivity contribution >= 4 is 21.8 Å². The van der Waals surface area contributed by atoms with Gasteiger partial charge in [-0.15, -0.1) is 0 Å². The molecule has 3 nitrogen and oxygen atoms in total. The van der Waals surface area contributed by atoms with Crippen LogP contribution in [0.25, 0.3) is 44.1 Å². The maximum Gasteiger partial charge on any atom is 0.126 e. The number of benzene rings is 4. The Bertz CT molecular complexity index is 1280. The number of nitrogens with zero attached hydrogens (tertiary/aromatic N) is 1. The molecular formula is C27H23NO2. The van der Waals surface area contributed by atoms with Crippen molar-refractivity contribution in [3.05, 3.63) is 84.9 Å². The van der Waals surface area contributed by atoms with Crippen molar-refractivity contribution in [1.82, 2.24) is 4.57 Å².